The Morgan fingerprint density at radius 2 is 1.85 bits per heavy atom. The van der Waals surface area contributed by atoms with E-state index in [9.17, 15) is 8.42 Å². The van der Waals surface area contributed by atoms with E-state index in [0.717, 1.165) is 25.9 Å². The number of rotatable bonds is 2. The zero-order valence-electron chi connectivity index (χ0n) is 12.5. The van der Waals surface area contributed by atoms with E-state index in [2.05, 4.69) is 30.0 Å². The maximum absolute atomic E-state index is 11.9. The van der Waals surface area contributed by atoms with Crippen LogP contribution in [-0.4, -0.2) is 32.1 Å². The van der Waals surface area contributed by atoms with Crippen LogP contribution in [0, 0.1) is 11.3 Å². The number of hydrogen-bond acceptors (Lipinski definition) is 6. The Morgan fingerprint density at radius 1 is 1.30 bits per heavy atom. The highest BCUT2D eigenvalue weighted by Gasteiger charge is 2.32. The van der Waals surface area contributed by atoms with E-state index in [1.54, 1.807) is 0 Å². The molecule has 2 N–H and O–H groups in total. The van der Waals surface area contributed by atoms with Crippen molar-refractivity contribution in [1.82, 2.24) is 4.37 Å². The first-order chi connectivity index (χ1) is 9.10. The van der Waals surface area contributed by atoms with Crippen molar-refractivity contribution in [3.8, 4) is 0 Å². The average Bonchev–Trinajstić information content (AvgIpc) is 2.70. The molecule has 1 aliphatic rings. The minimum absolute atomic E-state index is 0.130. The van der Waals surface area contributed by atoms with Gasteiger partial charge in [0.25, 0.3) is 0 Å². The molecule has 0 amide bonds. The number of piperidine rings is 1. The highest BCUT2D eigenvalue weighted by atomic mass is 32.2. The number of nitrogen functional groups attached to an aromatic ring is 1. The molecule has 0 atom stereocenters. The molecule has 2 heterocycles. The van der Waals surface area contributed by atoms with E-state index in [0.29, 0.717) is 16.3 Å². The predicted molar refractivity (Wildman–Crippen MR) is 84.0 cm³/mol. The molecule has 0 unspecified atom stereocenters. The van der Waals surface area contributed by atoms with Crippen molar-refractivity contribution in [3.05, 3.63) is 0 Å². The fourth-order valence-corrected chi connectivity index (χ4v) is 5.04. The van der Waals surface area contributed by atoms with Gasteiger partial charge in [0.2, 0.25) is 0 Å². The Labute approximate surface area is 125 Å². The summed E-state index contributed by atoms with van der Waals surface area (Å²) in [7, 11) is -3.33. The molecule has 1 aromatic rings. The van der Waals surface area contributed by atoms with E-state index in [1.165, 1.54) is 17.8 Å². The van der Waals surface area contributed by atoms with Crippen molar-refractivity contribution >= 4 is 32.2 Å². The third kappa shape index (κ3) is 3.09. The van der Waals surface area contributed by atoms with E-state index in [1.807, 2.05) is 0 Å². The Kier molecular flexibility index (Phi) is 4.03. The van der Waals surface area contributed by atoms with Crippen molar-refractivity contribution in [2.45, 2.75) is 38.5 Å². The van der Waals surface area contributed by atoms with Gasteiger partial charge in [0.1, 0.15) is 9.90 Å². The highest BCUT2D eigenvalue weighted by molar-refractivity contribution is 7.91. The molecule has 1 fully saturated rings. The van der Waals surface area contributed by atoms with Gasteiger partial charge in [0.15, 0.2) is 15.7 Å². The summed E-state index contributed by atoms with van der Waals surface area (Å²) in [5, 5.41) is 0.706. The molecule has 0 saturated carbocycles. The summed E-state index contributed by atoms with van der Waals surface area (Å²) >= 11 is 1.19. The highest BCUT2D eigenvalue weighted by Crippen LogP contribution is 2.40. The van der Waals surface area contributed by atoms with E-state index in [-0.39, 0.29) is 10.7 Å². The molecule has 2 rings (SSSR count). The summed E-state index contributed by atoms with van der Waals surface area (Å²) in [4.78, 5) is 2.32. The van der Waals surface area contributed by atoms with E-state index >= 15 is 0 Å². The molecule has 1 aromatic heterocycles. The van der Waals surface area contributed by atoms with Crippen LogP contribution in [0.4, 0.5) is 10.8 Å². The van der Waals surface area contributed by atoms with Crippen LogP contribution in [0.2, 0.25) is 0 Å². The molecule has 20 heavy (non-hydrogen) atoms. The SMILES string of the molecule is CC(C)(C)C1CCN(c2snc(N)c2S(C)(=O)=O)CC1. The van der Waals surface area contributed by atoms with Crippen molar-refractivity contribution in [3.63, 3.8) is 0 Å². The lowest BCUT2D eigenvalue weighted by Crippen LogP contribution is -2.38. The number of sulfone groups is 1. The van der Waals surface area contributed by atoms with Crippen LogP contribution in [0.1, 0.15) is 33.6 Å². The summed E-state index contributed by atoms with van der Waals surface area (Å²) in [5.74, 6) is 0.802. The monoisotopic (exact) mass is 317 g/mol. The van der Waals surface area contributed by atoms with Gasteiger partial charge in [0, 0.05) is 19.3 Å². The summed E-state index contributed by atoms with van der Waals surface area (Å²) in [6.45, 7) is 8.53. The van der Waals surface area contributed by atoms with Crippen LogP contribution in [0.5, 0.6) is 0 Å². The molecule has 1 saturated heterocycles. The second-order valence-electron chi connectivity index (χ2n) is 6.60. The van der Waals surface area contributed by atoms with Crippen LogP contribution in [0.3, 0.4) is 0 Å². The Balaban J connectivity index is 2.20. The van der Waals surface area contributed by atoms with Gasteiger partial charge in [-0.15, -0.1) is 0 Å². The summed E-state index contributed by atoms with van der Waals surface area (Å²) in [6.07, 6.45) is 3.34. The third-order valence-corrected chi connectivity index (χ3v) is 6.23. The predicted octanol–water partition coefficient (Wildman–Crippen LogP) is 2.39. The van der Waals surface area contributed by atoms with Crippen LogP contribution in [-0.2, 0) is 9.84 Å². The van der Waals surface area contributed by atoms with Gasteiger partial charge in [-0.25, -0.2) is 8.42 Å². The molecule has 114 valence electrons. The second kappa shape index (κ2) is 5.18. The molecular formula is C13H23N3O2S2. The Morgan fingerprint density at radius 3 is 2.30 bits per heavy atom. The molecule has 0 spiro atoms. The normalized spacial score (nSPS) is 18.5. The van der Waals surface area contributed by atoms with Gasteiger partial charge < -0.3 is 10.6 Å². The van der Waals surface area contributed by atoms with Crippen molar-refractivity contribution < 1.29 is 8.42 Å². The minimum Gasteiger partial charge on any atom is -0.382 e. The molecule has 0 radical (unpaired) electrons. The zero-order chi connectivity index (χ0) is 15.1. The van der Waals surface area contributed by atoms with Gasteiger partial charge in [0.05, 0.1) is 0 Å². The van der Waals surface area contributed by atoms with Gasteiger partial charge in [-0.05, 0) is 35.7 Å². The first-order valence-electron chi connectivity index (χ1n) is 6.81. The molecular weight excluding hydrogens is 294 g/mol. The van der Waals surface area contributed by atoms with Gasteiger partial charge >= 0.3 is 0 Å². The molecule has 7 heteroatoms. The fourth-order valence-electron chi connectivity index (χ4n) is 2.78. The maximum Gasteiger partial charge on any atom is 0.182 e. The average molecular weight is 317 g/mol. The molecule has 0 aromatic carbocycles. The number of nitrogens with two attached hydrogens (primary N) is 1. The lowest BCUT2D eigenvalue weighted by atomic mass is 9.75. The zero-order valence-corrected chi connectivity index (χ0v) is 14.1. The summed E-state index contributed by atoms with van der Waals surface area (Å²) < 4.78 is 27.7. The third-order valence-electron chi connectivity index (χ3n) is 4.04. The van der Waals surface area contributed by atoms with Crippen LogP contribution >= 0.6 is 11.5 Å². The maximum atomic E-state index is 11.9. The lowest BCUT2D eigenvalue weighted by molar-refractivity contribution is 0.199. The van der Waals surface area contributed by atoms with Crippen molar-refractivity contribution in [1.29, 1.82) is 0 Å². The topological polar surface area (TPSA) is 76.3 Å². The standard InChI is InChI=1S/C13H23N3O2S2/c1-13(2,3)9-5-7-16(8-6-9)12-10(20(4,17)18)11(14)15-19-12/h9H,5-8H2,1-4H3,(H2,14,15). The molecule has 0 bridgehead atoms. The van der Waals surface area contributed by atoms with Crippen molar-refractivity contribution in [2.75, 3.05) is 30.0 Å². The van der Waals surface area contributed by atoms with Crippen LogP contribution < -0.4 is 10.6 Å². The Hall–Kier alpha value is -0.820. The molecule has 0 aliphatic carbocycles. The van der Waals surface area contributed by atoms with E-state index < -0.39 is 9.84 Å². The van der Waals surface area contributed by atoms with Gasteiger partial charge in [-0.1, -0.05) is 20.8 Å². The van der Waals surface area contributed by atoms with E-state index in [4.69, 9.17) is 5.73 Å². The Bertz CT molecular complexity index is 579. The number of aromatic nitrogens is 1. The van der Waals surface area contributed by atoms with Crippen LogP contribution in [0.15, 0.2) is 4.90 Å². The molecule has 1 aliphatic heterocycles. The smallest absolute Gasteiger partial charge is 0.182 e. The number of anilines is 2. The first kappa shape index (κ1) is 15.6. The quantitative estimate of drug-likeness (QED) is 0.906. The minimum atomic E-state index is -3.33. The number of hydrogen-bond donors (Lipinski definition) is 1. The molecule has 5 nitrogen and oxygen atoms in total. The van der Waals surface area contributed by atoms with Crippen molar-refractivity contribution in [2.24, 2.45) is 11.3 Å². The second-order valence-corrected chi connectivity index (χ2v) is 9.31. The first-order valence-corrected chi connectivity index (χ1v) is 9.47. The largest absolute Gasteiger partial charge is 0.382 e. The summed E-state index contributed by atoms with van der Waals surface area (Å²) in [5.41, 5.74) is 6.03. The van der Waals surface area contributed by atoms with Crippen LogP contribution in [0.25, 0.3) is 0 Å². The summed E-state index contributed by atoms with van der Waals surface area (Å²) in [6, 6.07) is 0. The lowest BCUT2D eigenvalue weighted by Gasteiger charge is -2.39. The fraction of sp³-hybridized carbons (Fsp3) is 0.769. The number of nitrogens with zero attached hydrogens (tertiary/aromatic N) is 2. The van der Waals surface area contributed by atoms with Gasteiger partial charge in [-0.2, -0.15) is 4.37 Å². The van der Waals surface area contributed by atoms with Gasteiger partial charge in [-0.3, -0.25) is 0 Å².